The van der Waals surface area contributed by atoms with Crippen LogP contribution in [0.4, 0.5) is 0 Å². The molecular weight excluding hydrogens is 216 g/mol. The molecule has 1 aliphatic carbocycles. The topological polar surface area (TPSA) is 49.4 Å². The molecule has 2 amide bonds. The molecule has 2 rings (SSSR count). The van der Waals surface area contributed by atoms with Crippen molar-refractivity contribution in [2.45, 2.75) is 51.5 Å². The molecule has 17 heavy (non-hydrogen) atoms. The molecule has 0 aromatic rings. The lowest BCUT2D eigenvalue weighted by molar-refractivity contribution is -0.131. The molecule has 1 unspecified atom stereocenters. The fraction of sp³-hybridized carbons (Fsp3) is 0.846. The largest absolute Gasteiger partial charge is 0.347 e. The van der Waals surface area contributed by atoms with Crippen LogP contribution in [0.25, 0.3) is 0 Å². The van der Waals surface area contributed by atoms with Crippen LogP contribution in [0, 0.1) is 5.92 Å². The fourth-order valence-corrected chi connectivity index (χ4v) is 2.94. The second-order valence-electron chi connectivity index (χ2n) is 5.36. The lowest BCUT2D eigenvalue weighted by Gasteiger charge is -2.27. The molecule has 1 saturated carbocycles. The average molecular weight is 238 g/mol. The quantitative estimate of drug-likeness (QED) is 0.805. The van der Waals surface area contributed by atoms with E-state index in [0.717, 1.165) is 18.9 Å². The molecular formula is C13H22N2O2. The zero-order valence-corrected chi connectivity index (χ0v) is 10.6. The van der Waals surface area contributed by atoms with Gasteiger partial charge in [0.1, 0.15) is 0 Å². The van der Waals surface area contributed by atoms with Crippen molar-refractivity contribution in [2.75, 3.05) is 13.1 Å². The Labute approximate surface area is 103 Å². The molecule has 0 radical (unpaired) electrons. The third-order valence-electron chi connectivity index (χ3n) is 4.02. The monoisotopic (exact) mass is 238 g/mol. The summed E-state index contributed by atoms with van der Waals surface area (Å²) >= 11 is 0. The van der Waals surface area contributed by atoms with Gasteiger partial charge in [-0.15, -0.1) is 0 Å². The third kappa shape index (κ3) is 3.20. The van der Waals surface area contributed by atoms with Crippen LogP contribution in [0.5, 0.6) is 0 Å². The summed E-state index contributed by atoms with van der Waals surface area (Å²) < 4.78 is 0. The molecule has 1 N–H and O–H groups in total. The Morgan fingerprint density at radius 1 is 1.29 bits per heavy atom. The Morgan fingerprint density at radius 3 is 2.71 bits per heavy atom. The molecule has 4 nitrogen and oxygen atoms in total. The first kappa shape index (κ1) is 12.4. The van der Waals surface area contributed by atoms with Gasteiger partial charge in [-0.05, 0) is 19.3 Å². The highest BCUT2D eigenvalue weighted by Gasteiger charge is 2.27. The van der Waals surface area contributed by atoms with Crippen molar-refractivity contribution in [1.82, 2.24) is 10.2 Å². The number of amides is 2. The molecule has 4 heteroatoms. The van der Waals surface area contributed by atoms with Crippen molar-refractivity contribution >= 4 is 11.8 Å². The number of hydrogen-bond donors (Lipinski definition) is 1. The van der Waals surface area contributed by atoms with Crippen molar-refractivity contribution in [3.63, 3.8) is 0 Å². The number of nitrogens with zero attached hydrogens (tertiary/aromatic N) is 1. The molecule has 1 saturated heterocycles. The van der Waals surface area contributed by atoms with Crippen LogP contribution < -0.4 is 5.32 Å². The minimum atomic E-state index is -0.00536. The summed E-state index contributed by atoms with van der Waals surface area (Å²) in [6.07, 6.45) is 6.85. The van der Waals surface area contributed by atoms with Crippen LogP contribution in [0.1, 0.15) is 45.4 Å². The summed E-state index contributed by atoms with van der Waals surface area (Å²) in [5.74, 6) is 0.859. The van der Waals surface area contributed by atoms with E-state index in [-0.39, 0.29) is 24.4 Å². The van der Waals surface area contributed by atoms with Gasteiger partial charge < -0.3 is 10.2 Å². The van der Waals surface area contributed by atoms with Crippen molar-refractivity contribution in [3.05, 3.63) is 0 Å². The van der Waals surface area contributed by atoms with E-state index in [1.54, 1.807) is 0 Å². The maximum atomic E-state index is 11.9. The zero-order valence-electron chi connectivity index (χ0n) is 10.6. The number of rotatable bonds is 3. The van der Waals surface area contributed by atoms with Crippen LogP contribution in [0.2, 0.25) is 0 Å². The highest BCUT2D eigenvalue weighted by molar-refractivity contribution is 5.87. The lowest BCUT2D eigenvalue weighted by Crippen LogP contribution is -2.40. The highest BCUT2D eigenvalue weighted by atomic mass is 16.2. The van der Waals surface area contributed by atoms with E-state index in [1.165, 1.54) is 25.7 Å². The van der Waals surface area contributed by atoms with Crippen LogP contribution in [-0.4, -0.2) is 35.8 Å². The summed E-state index contributed by atoms with van der Waals surface area (Å²) in [7, 11) is 0. The molecule has 96 valence electrons. The number of hydrogen-bond acceptors (Lipinski definition) is 2. The minimum Gasteiger partial charge on any atom is -0.347 e. The van der Waals surface area contributed by atoms with Gasteiger partial charge in [0.25, 0.3) is 0 Å². The average Bonchev–Trinajstić information content (AvgIpc) is 2.75. The van der Waals surface area contributed by atoms with Crippen LogP contribution in [-0.2, 0) is 9.59 Å². The second-order valence-corrected chi connectivity index (χ2v) is 5.36. The van der Waals surface area contributed by atoms with Gasteiger partial charge in [-0.2, -0.15) is 0 Å². The van der Waals surface area contributed by atoms with E-state index in [1.807, 2.05) is 11.8 Å². The first-order chi connectivity index (χ1) is 8.16. The first-order valence-electron chi connectivity index (χ1n) is 6.73. The Kier molecular flexibility index (Phi) is 4.02. The molecule has 2 aliphatic rings. The smallest absolute Gasteiger partial charge is 0.242 e. The van der Waals surface area contributed by atoms with E-state index >= 15 is 0 Å². The maximum Gasteiger partial charge on any atom is 0.242 e. The van der Waals surface area contributed by atoms with Gasteiger partial charge in [0.05, 0.1) is 6.54 Å². The van der Waals surface area contributed by atoms with Crippen molar-refractivity contribution in [2.24, 2.45) is 5.92 Å². The predicted octanol–water partition coefficient (Wildman–Crippen LogP) is 1.30. The molecule has 0 spiro atoms. The Morgan fingerprint density at radius 2 is 2.00 bits per heavy atom. The van der Waals surface area contributed by atoms with Crippen LogP contribution >= 0.6 is 0 Å². The molecule has 0 bridgehead atoms. The van der Waals surface area contributed by atoms with Gasteiger partial charge in [0.15, 0.2) is 0 Å². The van der Waals surface area contributed by atoms with E-state index < -0.39 is 0 Å². The fourth-order valence-electron chi connectivity index (χ4n) is 2.94. The van der Waals surface area contributed by atoms with E-state index in [0.29, 0.717) is 6.42 Å². The summed E-state index contributed by atoms with van der Waals surface area (Å²) in [4.78, 5) is 25.1. The molecule has 1 heterocycles. The highest BCUT2D eigenvalue weighted by Crippen LogP contribution is 2.28. The summed E-state index contributed by atoms with van der Waals surface area (Å²) in [5, 5.41) is 2.65. The lowest BCUT2D eigenvalue weighted by atomic mass is 10.0. The summed E-state index contributed by atoms with van der Waals surface area (Å²) in [6, 6.07) is 0.0476. The molecule has 1 atom stereocenters. The summed E-state index contributed by atoms with van der Waals surface area (Å²) in [5.41, 5.74) is 0. The van der Waals surface area contributed by atoms with Crippen molar-refractivity contribution in [1.29, 1.82) is 0 Å². The van der Waals surface area contributed by atoms with Crippen molar-refractivity contribution < 1.29 is 9.59 Å². The number of nitrogens with one attached hydrogen (secondary N) is 1. The Bertz CT molecular complexity index is 298. The SMILES string of the molecule is CC1CC(=O)NCC(=O)N1CCC1CCCC1. The van der Waals surface area contributed by atoms with Gasteiger partial charge in [-0.25, -0.2) is 0 Å². The first-order valence-corrected chi connectivity index (χ1v) is 6.73. The molecule has 2 fully saturated rings. The Hall–Kier alpha value is -1.06. The van der Waals surface area contributed by atoms with Gasteiger partial charge >= 0.3 is 0 Å². The van der Waals surface area contributed by atoms with E-state index in [9.17, 15) is 9.59 Å². The second kappa shape index (κ2) is 5.52. The molecule has 0 aromatic heterocycles. The van der Waals surface area contributed by atoms with Gasteiger partial charge in [-0.3, -0.25) is 9.59 Å². The normalized spacial score (nSPS) is 27.1. The van der Waals surface area contributed by atoms with Gasteiger partial charge in [-0.1, -0.05) is 25.7 Å². The molecule has 0 aromatic carbocycles. The maximum absolute atomic E-state index is 11.9. The van der Waals surface area contributed by atoms with Gasteiger partial charge in [0.2, 0.25) is 11.8 Å². The van der Waals surface area contributed by atoms with E-state index in [2.05, 4.69) is 5.32 Å². The van der Waals surface area contributed by atoms with Crippen LogP contribution in [0.3, 0.4) is 0 Å². The predicted molar refractivity (Wildman–Crippen MR) is 65.4 cm³/mol. The minimum absolute atomic E-state index is 0.00536. The number of carbonyl (C=O) groups is 2. The Balaban J connectivity index is 1.87. The summed E-state index contributed by atoms with van der Waals surface area (Å²) in [6.45, 7) is 2.96. The number of carbonyl (C=O) groups excluding carboxylic acids is 2. The standard InChI is InChI=1S/C13H22N2O2/c1-10-8-12(16)14-9-13(17)15(10)7-6-11-4-2-3-5-11/h10-11H,2-9H2,1H3,(H,14,16). The van der Waals surface area contributed by atoms with Gasteiger partial charge in [0, 0.05) is 19.0 Å². The van der Waals surface area contributed by atoms with Crippen molar-refractivity contribution in [3.8, 4) is 0 Å². The van der Waals surface area contributed by atoms with E-state index in [4.69, 9.17) is 0 Å². The zero-order chi connectivity index (χ0) is 12.3. The van der Waals surface area contributed by atoms with Crippen LogP contribution in [0.15, 0.2) is 0 Å². The third-order valence-corrected chi connectivity index (χ3v) is 4.02. The molecule has 1 aliphatic heterocycles.